The van der Waals surface area contributed by atoms with Crippen LogP contribution in [0.5, 0.6) is 0 Å². The van der Waals surface area contributed by atoms with Gasteiger partial charge in [-0.2, -0.15) is 0 Å². The molecule has 1 aromatic carbocycles. The van der Waals surface area contributed by atoms with Crippen LogP contribution >= 0.6 is 0 Å². The average Bonchev–Trinajstić information content (AvgIpc) is 3.54. The second-order valence-corrected chi connectivity index (χ2v) is 9.38. The molecule has 0 aromatic heterocycles. The zero-order chi connectivity index (χ0) is 19.8. The molecule has 2 heterocycles. The Morgan fingerprint density at radius 2 is 1.79 bits per heavy atom. The van der Waals surface area contributed by atoms with E-state index in [4.69, 9.17) is 0 Å². The molecule has 2 saturated carbocycles. The van der Waals surface area contributed by atoms with Crippen molar-refractivity contribution in [3.63, 3.8) is 0 Å². The van der Waals surface area contributed by atoms with Gasteiger partial charge in [0.05, 0.1) is 6.04 Å². The van der Waals surface area contributed by atoms with Crippen LogP contribution in [-0.4, -0.2) is 66.8 Å². The standard InChI is InChI=1S/C24H33N3O2/c28-17-21-6-1-2-10-27(21)20-9-3-5-18(15-20)22-16-23(22)24(29)26-13-11-25(12-14-26)19-7-4-8-19/h3,5,9,15,17,19,21-23H,1-2,4,6-8,10-14,16H2. The molecule has 3 atom stereocenters. The predicted molar refractivity (Wildman–Crippen MR) is 114 cm³/mol. The maximum atomic E-state index is 13.0. The highest BCUT2D eigenvalue weighted by Gasteiger charge is 2.46. The summed E-state index contributed by atoms with van der Waals surface area (Å²) in [5, 5.41) is 0. The number of piperazine rings is 1. The topological polar surface area (TPSA) is 43.9 Å². The highest BCUT2D eigenvalue weighted by atomic mass is 16.2. The first-order chi connectivity index (χ1) is 14.2. The molecule has 5 rings (SSSR count). The zero-order valence-corrected chi connectivity index (χ0v) is 17.3. The van der Waals surface area contributed by atoms with E-state index in [1.54, 1.807) is 0 Å². The first-order valence-corrected chi connectivity index (χ1v) is 11.6. The Hall–Kier alpha value is -1.88. The molecule has 5 heteroatoms. The summed E-state index contributed by atoms with van der Waals surface area (Å²) < 4.78 is 0. The van der Waals surface area contributed by atoms with E-state index in [1.807, 2.05) is 0 Å². The van der Waals surface area contributed by atoms with Crippen molar-refractivity contribution in [3.8, 4) is 0 Å². The summed E-state index contributed by atoms with van der Waals surface area (Å²) in [4.78, 5) is 31.5. The quantitative estimate of drug-likeness (QED) is 0.719. The van der Waals surface area contributed by atoms with E-state index in [1.165, 1.54) is 24.8 Å². The zero-order valence-electron chi connectivity index (χ0n) is 17.3. The number of hydrogen-bond acceptors (Lipinski definition) is 4. The number of piperidine rings is 1. The highest BCUT2D eigenvalue weighted by Crippen LogP contribution is 2.49. The number of aldehydes is 1. The molecular formula is C24H33N3O2. The molecule has 2 aliphatic heterocycles. The number of anilines is 1. The predicted octanol–water partition coefficient (Wildman–Crippen LogP) is 3.04. The second-order valence-electron chi connectivity index (χ2n) is 9.38. The average molecular weight is 396 g/mol. The van der Waals surface area contributed by atoms with Crippen LogP contribution in [0.3, 0.4) is 0 Å². The minimum Gasteiger partial charge on any atom is -0.362 e. The largest absolute Gasteiger partial charge is 0.362 e. The number of benzene rings is 1. The molecule has 0 spiro atoms. The lowest BCUT2D eigenvalue weighted by atomic mass is 9.91. The van der Waals surface area contributed by atoms with E-state index in [2.05, 4.69) is 39.0 Å². The summed E-state index contributed by atoms with van der Waals surface area (Å²) in [5.74, 6) is 0.868. The van der Waals surface area contributed by atoms with Gasteiger partial charge in [-0.3, -0.25) is 9.69 Å². The Balaban J connectivity index is 1.20. The number of rotatable bonds is 5. The lowest BCUT2D eigenvalue weighted by molar-refractivity contribution is -0.135. The molecule has 1 aromatic rings. The van der Waals surface area contributed by atoms with Crippen LogP contribution < -0.4 is 4.90 Å². The van der Waals surface area contributed by atoms with Crippen molar-refractivity contribution in [1.82, 2.24) is 9.80 Å². The molecule has 156 valence electrons. The molecule has 3 unspecified atom stereocenters. The van der Waals surface area contributed by atoms with Crippen LogP contribution in [0.4, 0.5) is 5.69 Å². The summed E-state index contributed by atoms with van der Waals surface area (Å²) in [6.45, 7) is 4.84. The summed E-state index contributed by atoms with van der Waals surface area (Å²) in [6.07, 6.45) is 9.36. The minimum absolute atomic E-state index is 0.00240. The van der Waals surface area contributed by atoms with Crippen LogP contribution in [0.25, 0.3) is 0 Å². The van der Waals surface area contributed by atoms with E-state index < -0.39 is 0 Å². The van der Waals surface area contributed by atoms with Crippen molar-refractivity contribution < 1.29 is 9.59 Å². The third kappa shape index (κ3) is 3.81. The first-order valence-electron chi connectivity index (χ1n) is 11.6. The third-order valence-electron chi connectivity index (χ3n) is 7.66. The van der Waals surface area contributed by atoms with Crippen molar-refractivity contribution in [2.75, 3.05) is 37.6 Å². The maximum Gasteiger partial charge on any atom is 0.226 e. The molecule has 4 fully saturated rings. The van der Waals surface area contributed by atoms with Crippen molar-refractivity contribution in [3.05, 3.63) is 29.8 Å². The fourth-order valence-corrected chi connectivity index (χ4v) is 5.48. The van der Waals surface area contributed by atoms with Gasteiger partial charge in [-0.05, 0) is 62.1 Å². The van der Waals surface area contributed by atoms with Crippen LogP contribution in [0.2, 0.25) is 0 Å². The Labute approximate surface area is 174 Å². The van der Waals surface area contributed by atoms with Crippen LogP contribution in [0.1, 0.15) is 56.4 Å². The summed E-state index contributed by atoms with van der Waals surface area (Å²) in [7, 11) is 0. The lowest BCUT2D eigenvalue weighted by Crippen LogP contribution is -2.53. The number of carbonyl (C=O) groups excluding carboxylic acids is 2. The van der Waals surface area contributed by atoms with Gasteiger partial charge >= 0.3 is 0 Å². The highest BCUT2D eigenvalue weighted by molar-refractivity contribution is 5.83. The summed E-state index contributed by atoms with van der Waals surface area (Å²) in [6, 6.07) is 9.39. The fourth-order valence-electron chi connectivity index (χ4n) is 5.48. The second kappa shape index (κ2) is 8.10. The molecule has 2 saturated heterocycles. The Morgan fingerprint density at radius 1 is 0.966 bits per heavy atom. The number of carbonyl (C=O) groups is 2. The number of amides is 1. The van der Waals surface area contributed by atoms with Gasteiger partial charge in [0.2, 0.25) is 5.91 Å². The van der Waals surface area contributed by atoms with E-state index in [0.717, 1.165) is 76.4 Å². The van der Waals surface area contributed by atoms with E-state index in [-0.39, 0.29) is 12.0 Å². The van der Waals surface area contributed by atoms with Gasteiger partial charge in [0.25, 0.3) is 0 Å². The van der Waals surface area contributed by atoms with Crippen molar-refractivity contribution >= 4 is 17.9 Å². The van der Waals surface area contributed by atoms with E-state index in [9.17, 15) is 9.59 Å². The van der Waals surface area contributed by atoms with Gasteiger partial charge in [0.1, 0.15) is 6.29 Å². The smallest absolute Gasteiger partial charge is 0.226 e. The van der Waals surface area contributed by atoms with Crippen molar-refractivity contribution in [1.29, 1.82) is 0 Å². The van der Waals surface area contributed by atoms with E-state index in [0.29, 0.717) is 11.8 Å². The SMILES string of the molecule is O=CC1CCCCN1c1cccc(C2CC2C(=O)N2CCN(C3CCC3)CC2)c1. The lowest BCUT2D eigenvalue weighted by Gasteiger charge is -2.43. The summed E-state index contributed by atoms with van der Waals surface area (Å²) in [5.41, 5.74) is 2.41. The van der Waals surface area contributed by atoms with Crippen molar-refractivity contribution in [2.45, 2.75) is 62.9 Å². The molecule has 0 bridgehead atoms. The molecule has 4 aliphatic rings. The Morgan fingerprint density at radius 3 is 2.52 bits per heavy atom. The normalized spacial score (nSPS) is 30.7. The Kier molecular flexibility index (Phi) is 5.33. The van der Waals surface area contributed by atoms with Gasteiger partial charge < -0.3 is 14.6 Å². The number of nitrogens with zero attached hydrogens (tertiary/aromatic N) is 3. The van der Waals surface area contributed by atoms with E-state index >= 15 is 0 Å². The number of hydrogen-bond donors (Lipinski definition) is 0. The molecular weight excluding hydrogens is 362 g/mol. The first kappa shape index (κ1) is 19.1. The van der Waals surface area contributed by atoms with Gasteiger partial charge in [0.15, 0.2) is 0 Å². The molecule has 2 aliphatic carbocycles. The molecule has 5 nitrogen and oxygen atoms in total. The molecule has 1 amide bonds. The minimum atomic E-state index is 0.00240. The van der Waals surface area contributed by atoms with Gasteiger partial charge in [-0.25, -0.2) is 0 Å². The van der Waals surface area contributed by atoms with Gasteiger partial charge in [-0.1, -0.05) is 18.6 Å². The molecule has 0 N–H and O–H groups in total. The fraction of sp³-hybridized carbons (Fsp3) is 0.667. The van der Waals surface area contributed by atoms with Crippen molar-refractivity contribution in [2.24, 2.45) is 5.92 Å². The van der Waals surface area contributed by atoms with Crippen LogP contribution in [0.15, 0.2) is 24.3 Å². The molecule has 0 radical (unpaired) electrons. The van der Waals surface area contributed by atoms with Gasteiger partial charge in [-0.15, -0.1) is 0 Å². The monoisotopic (exact) mass is 395 g/mol. The van der Waals surface area contributed by atoms with Crippen LogP contribution in [-0.2, 0) is 9.59 Å². The third-order valence-corrected chi connectivity index (χ3v) is 7.66. The Bertz CT molecular complexity index is 754. The van der Waals surface area contributed by atoms with Crippen LogP contribution in [0, 0.1) is 5.92 Å². The van der Waals surface area contributed by atoms with Gasteiger partial charge in [0, 0.05) is 50.4 Å². The molecule has 29 heavy (non-hydrogen) atoms. The summed E-state index contributed by atoms with van der Waals surface area (Å²) >= 11 is 0. The maximum absolute atomic E-state index is 13.0.